The van der Waals surface area contributed by atoms with E-state index in [1.54, 1.807) is 0 Å². The Morgan fingerprint density at radius 1 is 1.33 bits per heavy atom. The van der Waals surface area contributed by atoms with Crippen LogP contribution >= 0.6 is 0 Å². The van der Waals surface area contributed by atoms with E-state index in [4.69, 9.17) is 4.74 Å². The fraction of sp³-hybridized carbons (Fsp3) is 0.700. The summed E-state index contributed by atoms with van der Waals surface area (Å²) in [5, 5.41) is 0. The molecule has 0 saturated heterocycles. The maximum absolute atomic E-state index is 10.6. The number of hydrogen-bond acceptors (Lipinski definition) is 2. The highest BCUT2D eigenvalue weighted by atomic mass is 16.5. The smallest absolute Gasteiger partial charge is 0.307 e. The summed E-state index contributed by atoms with van der Waals surface area (Å²) in [4.78, 5) is 10.6. The zero-order valence-electron chi connectivity index (χ0n) is 7.64. The molecule has 2 heteroatoms. The molecule has 0 atom stereocenters. The SMILES string of the molecule is CC(=O)OC1=CCCCCCC1. The van der Waals surface area contributed by atoms with E-state index < -0.39 is 0 Å². The second kappa shape index (κ2) is 4.96. The van der Waals surface area contributed by atoms with Gasteiger partial charge >= 0.3 is 5.97 Å². The molecule has 0 unspecified atom stereocenters. The summed E-state index contributed by atoms with van der Waals surface area (Å²) in [5.74, 6) is 0.684. The molecule has 0 radical (unpaired) electrons. The van der Waals surface area contributed by atoms with Crippen LogP contribution in [0.5, 0.6) is 0 Å². The number of ether oxygens (including phenoxy) is 1. The highest BCUT2D eigenvalue weighted by molar-refractivity contribution is 5.67. The van der Waals surface area contributed by atoms with Crippen molar-refractivity contribution >= 4 is 5.97 Å². The first kappa shape index (κ1) is 9.30. The largest absolute Gasteiger partial charge is 0.432 e. The Hall–Kier alpha value is -0.790. The number of esters is 1. The lowest BCUT2D eigenvalue weighted by atomic mass is 10.1. The van der Waals surface area contributed by atoms with E-state index in [1.807, 2.05) is 0 Å². The minimum Gasteiger partial charge on any atom is -0.432 e. The molecule has 0 fully saturated rings. The maximum atomic E-state index is 10.6. The van der Waals surface area contributed by atoms with E-state index in [0.29, 0.717) is 0 Å². The van der Waals surface area contributed by atoms with E-state index in [-0.39, 0.29) is 5.97 Å². The molecule has 0 N–H and O–H groups in total. The molecule has 1 aliphatic carbocycles. The molecule has 12 heavy (non-hydrogen) atoms. The first-order valence-electron chi connectivity index (χ1n) is 4.66. The lowest BCUT2D eigenvalue weighted by molar-refractivity contribution is -0.137. The van der Waals surface area contributed by atoms with Crippen LogP contribution in [0.4, 0.5) is 0 Å². The van der Waals surface area contributed by atoms with E-state index in [2.05, 4.69) is 6.08 Å². The molecule has 0 aromatic rings. The van der Waals surface area contributed by atoms with Crippen molar-refractivity contribution in [1.82, 2.24) is 0 Å². The first-order valence-corrected chi connectivity index (χ1v) is 4.66. The second-order valence-electron chi connectivity index (χ2n) is 3.22. The fourth-order valence-corrected chi connectivity index (χ4v) is 1.44. The van der Waals surface area contributed by atoms with E-state index in [0.717, 1.165) is 25.0 Å². The van der Waals surface area contributed by atoms with Crippen molar-refractivity contribution in [3.8, 4) is 0 Å². The normalized spacial score (nSPS) is 18.9. The quantitative estimate of drug-likeness (QED) is 0.563. The van der Waals surface area contributed by atoms with Crippen molar-refractivity contribution in [3.05, 3.63) is 11.8 Å². The summed E-state index contributed by atoms with van der Waals surface area (Å²) >= 11 is 0. The van der Waals surface area contributed by atoms with E-state index >= 15 is 0 Å². The maximum Gasteiger partial charge on any atom is 0.307 e. The average Bonchev–Trinajstić information content (AvgIpc) is 1.93. The van der Waals surface area contributed by atoms with Crippen molar-refractivity contribution < 1.29 is 9.53 Å². The van der Waals surface area contributed by atoms with Gasteiger partial charge in [-0.15, -0.1) is 0 Å². The Balaban J connectivity index is 2.41. The van der Waals surface area contributed by atoms with Crippen LogP contribution in [0.2, 0.25) is 0 Å². The van der Waals surface area contributed by atoms with Crippen LogP contribution in [0, 0.1) is 0 Å². The van der Waals surface area contributed by atoms with Gasteiger partial charge in [0.2, 0.25) is 0 Å². The molecule has 0 heterocycles. The average molecular weight is 168 g/mol. The molecule has 1 aliphatic rings. The van der Waals surface area contributed by atoms with Gasteiger partial charge in [0, 0.05) is 13.3 Å². The van der Waals surface area contributed by atoms with Crippen molar-refractivity contribution in [3.63, 3.8) is 0 Å². The third-order valence-electron chi connectivity index (χ3n) is 2.02. The van der Waals surface area contributed by atoms with Gasteiger partial charge in [-0.25, -0.2) is 0 Å². The third kappa shape index (κ3) is 3.56. The molecule has 1 rings (SSSR count). The highest BCUT2D eigenvalue weighted by Crippen LogP contribution is 2.17. The standard InChI is InChI=1S/C10H16O2/c1-9(11)12-10-7-5-3-2-4-6-8-10/h7H,2-6,8H2,1H3. The van der Waals surface area contributed by atoms with Gasteiger partial charge in [0.1, 0.15) is 5.76 Å². The summed E-state index contributed by atoms with van der Waals surface area (Å²) in [5.41, 5.74) is 0. The predicted molar refractivity (Wildman–Crippen MR) is 47.6 cm³/mol. The molecule has 0 spiro atoms. The Bertz CT molecular complexity index is 182. The van der Waals surface area contributed by atoms with Gasteiger partial charge in [-0.2, -0.15) is 0 Å². The fourth-order valence-electron chi connectivity index (χ4n) is 1.44. The molecule has 0 aromatic carbocycles. The first-order chi connectivity index (χ1) is 5.79. The van der Waals surface area contributed by atoms with Crippen LogP contribution in [0.15, 0.2) is 11.8 Å². The number of hydrogen-bond donors (Lipinski definition) is 0. The van der Waals surface area contributed by atoms with Gasteiger partial charge in [-0.1, -0.05) is 12.8 Å². The lowest BCUT2D eigenvalue weighted by Crippen LogP contribution is -2.00. The van der Waals surface area contributed by atoms with Crippen molar-refractivity contribution in [1.29, 1.82) is 0 Å². The van der Waals surface area contributed by atoms with Crippen LogP contribution in [-0.2, 0) is 9.53 Å². The second-order valence-corrected chi connectivity index (χ2v) is 3.22. The van der Waals surface area contributed by atoms with E-state index in [9.17, 15) is 4.79 Å². The Labute approximate surface area is 73.6 Å². The molecular weight excluding hydrogens is 152 g/mol. The molecule has 0 aromatic heterocycles. The summed E-state index contributed by atoms with van der Waals surface area (Å²) < 4.78 is 5.05. The number of allylic oxidation sites excluding steroid dienone is 2. The van der Waals surface area contributed by atoms with E-state index in [1.165, 1.54) is 26.2 Å². The van der Waals surface area contributed by atoms with Gasteiger partial charge in [0.25, 0.3) is 0 Å². The summed E-state index contributed by atoms with van der Waals surface area (Å²) in [7, 11) is 0. The van der Waals surface area contributed by atoms with Gasteiger partial charge < -0.3 is 4.74 Å². The number of rotatable bonds is 1. The summed E-state index contributed by atoms with van der Waals surface area (Å²) in [6.45, 7) is 1.46. The third-order valence-corrected chi connectivity index (χ3v) is 2.02. The topological polar surface area (TPSA) is 26.3 Å². The zero-order valence-corrected chi connectivity index (χ0v) is 7.64. The highest BCUT2D eigenvalue weighted by Gasteiger charge is 2.04. The monoisotopic (exact) mass is 168 g/mol. The molecule has 68 valence electrons. The minimum atomic E-state index is -0.193. The number of carbonyl (C=O) groups excluding carboxylic acids is 1. The Morgan fingerprint density at radius 3 is 2.83 bits per heavy atom. The van der Waals surface area contributed by atoms with Gasteiger partial charge in [0.05, 0.1) is 0 Å². The summed E-state index contributed by atoms with van der Waals surface area (Å²) in [6, 6.07) is 0. The molecule has 0 amide bonds. The van der Waals surface area contributed by atoms with Crippen molar-refractivity contribution in [2.24, 2.45) is 0 Å². The number of carbonyl (C=O) groups is 1. The van der Waals surface area contributed by atoms with Crippen LogP contribution in [-0.4, -0.2) is 5.97 Å². The van der Waals surface area contributed by atoms with Crippen molar-refractivity contribution in [2.45, 2.75) is 45.4 Å². The Kier molecular flexibility index (Phi) is 3.85. The predicted octanol–water partition coefficient (Wildman–Crippen LogP) is 2.79. The van der Waals surface area contributed by atoms with Crippen LogP contribution in [0.25, 0.3) is 0 Å². The molecular formula is C10H16O2. The zero-order chi connectivity index (χ0) is 8.81. The van der Waals surface area contributed by atoms with Gasteiger partial charge in [-0.3, -0.25) is 4.79 Å². The van der Waals surface area contributed by atoms with Crippen LogP contribution < -0.4 is 0 Å². The summed E-state index contributed by atoms with van der Waals surface area (Å²) in [6.07, 6.45) is 9.00. The van der Waals surface area contributed by atoms with Gasteiger partial charge in [-0.05, 0) is 25.3 Å². The Morgan fingerprint density at radius 2 is 2.08 bits per heavy atom. The van der Waals surface area contributed by atoms with Crippen molar-refractivity contribution in [2.75, 3.05) is 0 Å². The minimum absolute atomic E-state index is 0.193. The van der Waals surface area contributed by atoms with Gasteiger partial charge in [0.15, 0.2) is 0 Å². The molecule has 0 aliphatic heterocycles. The van der Waals surface area contributed by atoms with Crippen LogP contribution in [0.1, 0.15) is 45.4 Å². The lowest BCUT2D eigenvalue weighted by Gasteiger charge is -2.09. The molecule has 2 nitrogen and oxygen atoms in total. The van der Waals surface area contributed by atoms with Crippen LogP contribution in [0.3, 0.4) is 0 Å². The molecule has 0 bridgehead atoms. The molecule has 0 saturated carbocycles.